The van der Waals surface area contributed by atoms with E-state index in [2.05, 4.69) is 17.1 Å². The molecule has 3 aromatic carbocycles. The number of rotatable bonds is 9. The molecule has 1 aromatic heterocycles. The van der Waals surface area contributed by atoms with E-state index in [-0.39, 0.29) is 11.6 Å². The second kappa shape index (κ2) is 10.9. The number of ketones is 1. The van der Waals surface area contributed by atoms with Gasteiger partial charge in [-0.3, -0.25) is 4.79 Å². The quantitative estimate of drug-likeness (QED) is 0.269. The Balaban J connectivity index is 1.17. The summed E-state index contributed by atoms with van der Waals surface area (Å²) in [5.41, 5.74) is 4.66. The van der Waals surface area contributed by atoms with Crippen LogP contribution in [0.5, 0.6) is 11.5 Å². The zero-order chi connectivity index (χ0) is 26.9. The molecular formula is C33H36FN2O3+. The van der Waals surface area contributed by atoms with Gasteiger partial charge in [0.15, 0.2) is 5.78 Å². The minimum atomic E-state index is -0.266. The molecule has 4 atom stereocenters. The van der Waals surface area contributed by atoms with Crippen molar-refractivity contribution in [3.8, 4) is 22.6 Å². The number of hydrogen-bond donors (Lipinski definition) is 2. The smallest absolute Gasteiger partial charge is 0.179 e. The molecule has 0 bridgehead atoms. The van der Waals surface area contributed by atoms with E-state index in [9.17, 15) is 9.18 Å². The van der Waals surface area contributed by atoms with Crippen molar-refractivity contribution in [1.29, 1.82) is 0 Å². The third kappa shape index (κ3) is 5.06. The molecule has 2 unspecified atom stereocenters. The van der Waals surface area contributed by atoms with E-state index in [1.807, 2.05) is 37.3 Å². The van der Waals surface area contributed by atoms with E-state index in [0.717, 1.165) is 71.6 Å². The molecule has 1 aliphatic heterocycles. The first-order valence-corrected chi connectivity index (χ1v) is 14.1. The van der Waals surface area contributed by atoms with Crippen molar-refractivity contribution < 1.29 is 23.6 Å². The molecule has 1 aliphatic carbocycles. The highest BCUT2D eigenvalue weighted by Gasteiger charge is 2.47. The summed E-state index contributed by atoms with van der Waals surface area (Å²) in [6.45, 7) is 4.51. The van der Waals surface area contributed by atoms with Crippen LogP contribution in [-0.4, -0.2) is 37.1 Å². The van der Waals surface area contributed by atoms with Gasteiger partial charge in [-0.1, -0.05) is 30.3 Å². The zero-order valence-electron chi connectivity index (χ0n) is 22.6. The second-order valence-electron chi connectivity index (χ2n) is 11.0. The predicted octanol–water partition coefficient (Wildman–Crippen LogP) is 5.84. The number of nitrogens with one attached hydrogen (secondary N) is 2. The van der Waals surface area contributed by atoms with Crippen LogP contribution in [0.25, 0.3) is 22.0 Å². The lowest BCUT2D eigenvalue weighted by Gasteiger charge is -2.23. The molecule has 0 spiro atoms. The number of ether oxygens (including phenoxy) is 2. The second-order valence-corrected chi connectivity index (χ2v) is 11.0. The highest BCUT2D eigenvalue weighted by atomic mass is 19.1. The molecule has 2 fully saturated rings. The number of hydrogen-bond acceptors (Lipinski definition) is 3. The molecule has 1 saturated heterocycles. The Morgan fingerprint density at radius 1 is 1.03 bits per heavy atom. The van der Waals surface area contributed by atoms with Crippen molar-refractivity contribution in [2.75, 3.05) is 20.3 Å². The van der Waals surface area contributed by atoms with Gasteiger partial charge in [-0.05, 0) is 67.6 Å². The van der Waals surface area contributed by atoms with Crippen molar-refractivity contribution in [2.45, 2.75) is 45.2 Å². The molecule has 0 amide bonds. The molecule has 2 heterocycles. The van der Waals surface area contributed by atoms with Gasteiger partial charge in [-0.15, -0.1) is 0 Å². The fourth-order valence-corrected chi connectivity index (χ4v) is 7.02. The molecular weight excluding hydrogens is 491 g/mol. The van der Waals surface area contributed by atoms with Crippen molar-refractivity contribution in [3.63, 3.8) is 0 Å². The Hall–Kier alpha value is -3.64. The van der Waals surface area contributed by atoms with Gasteiger partial charge in [0.25, 0.3) is 0 Å². The van der Waals surface area contributed by atoms with Crippen LogP contribution < -0.4 is 14.4 Å². The lowest BCUT2D eigenvalue weighted by Crippen LogP contribution is -3.12. The third-order valence-electron chi connectivity index (χ3n) is 8.78. The summed E-state index contributed by atoms with van der Waals surface area (Å²) in [5.74, 6) is 2.50. The van der Waals surface area contributed by atoms with E-state index in [1.54, 1.807) is 24.1 Å². The van der Waals surface area contributed by atoms with Crippen LogP contribution >= 0.6 is 0 Å². The van der Waals surface area contributed by atoms with Crippen LogP contribution in [0.4, 0.5) is 4.39 Å². The van der Waals surface area contributed by atoms with Crippen LogP contribution in [0.1, 0.15) is 48.7 Å². The summed E-state index contributed by atoms with van der Waals surface area (Å²) in [5, 5.41) is 1.09. The Kier molecular flexibility index (Phi) is 7.13. The minimum absolute atomic E-state index is 0.229. The number of carbonyl (C=O) groups excluding carboxylic acids is 1. The fourth-order valence-electron chi connectivity index (χ4n) is 7.02. The number of likely N-dealkylation sites (tertiary alicyclic amines) is 1. The first kappa shape index (κ1) is 25.6. The normalized spacial score (nSPS) is 22.2. The summed E-state index contributed by atoms with van der Waals surface area (Å²) in [7, 11) is 1.67. The maximum absolute atomic E-state index is 13.6. The van der Waals surface area contributed by atoms with E-state index in [4.69, 9.17) is 9.47 Å². The van der Waals surface area contributed by atoms with E-state index < -0.39 is 0 Å². The Bertz CT molecular complexity index is 1450. The van der Waals surface area contributed by atoms with Crippen LogP contribution in [0.3, 0.4) is 0 Å². The number of aromatic amines is 1. The molecule has 2 aliphatic rings. The zero-order valence-corrected chi connectivity index (χ0v) is 22.6. The Labute approximate surface area is 228 Å². The van der Waals surface area contributed by atoms with Gasteiger partial charge in [0.2, 0.25) is 0 Å². The minimum Gasteiger partial charge on any atom is -0.496 e. The maximum Gasteiger partial charge on any atom is 0.179 e. The lowest BCUT2D eigenvalue weighted by atomic mass is 9.88. The van der Waals surface area contributed by atoms with Gasteiger partial charge >= 0.3 is 0 Å². The van der Waals surface area contributed by atoms with Crippen LogP contribution in [0.15, 0.2) is 66.7 Å². The summed E-state index contributed by atoms with van der Waals surface area (Å²) >= 11 is 0. The predicted molar refractivity (Wildman–Crippen MR) is 151 cm³/mol. The topological polar surface area (TPSA) is 55.8 Å². The summed E-state index contributed by atoms with van der Waals surface area (Å²) in [6, 6.07) is 21.3. The number of para-hydroxylation sites is 1. The average Bonchev–Trinajstić information content (AvgIpc) is 3.66. The largest absolute Gasteiger partial charge is 0.496 e. The van der Waals surface area contributed by atoms with Crippen LogP contribution in [0, 0.1) is 17.7 Å². The lowest BCUT2D eigenvalue weighted by molar-refractivity contribution is -0.927. The van der Waals surface area contributed by atoms with Gasteiger partial charge in [-0.2, -0.15) is 0 Å². The Morgan fingerprint density at radius 2 is 1.82 bits per heavy atom. The van der Waals surface area contributed by atoms with Gasteiger partial charge in [0.1, 0.15) is 23.9 Å². The molecule has 6 heteroatoms. The number of aromatic nitrogens is 1. The molecule has 5 nitrogen and oxygen atoms in total. The van der Waals surface area contributed by atoms with Crippen molar-refractivity contribution in [3.05, 3.63) is 83.8 Å². The van der Waals surface area contributed by atoms with Gasteiger partial charge < -0.3 is 19.4 Å². The van der Waals surface area contributed by atoms with Gasteiger partial charge in [-0.25, -0.2) is 4.39 Å². The summed E-state index contributed by atoms with van der Waals surface area (Å²) in [6.07, 6.45) is 4.05. The summed E-state index contributed by atoms with van der Waals surface area (Å²) < 4.78 is 25.4. The highest BCUT2D eigenvalue weighted by Crippen LogP contribution is 2.41. The molecule has 4 aromatic rings. The van der Waals surface area contributed by atoms with Crippen molar-refractivity contribution >= 4 is 16.7 Å². The number of benzene rings is 3. The SMILES string of the molecule is CCOc1cc(C[NH+]2CC[C@H]3C(CC(=O)c4cc5ccccc5[nH]4)CC[C@H]32)cc(OC)c1-c1ccc(F)cc1. The molecule has 0 radical (unpaired) electrons. The number of Topliss-reactive ketones (excluding diaryl/α,β-unsaturated/α-hetero) is 1. The van der Waals surface area contributed by atoms with E-state index in [0.29, 0.717) is 30.9 Å². The Morgan fingerprint density at radius 3 is 2.59 bits per heavy atom. The monoisotopic (exact) mass is 527 g/mol. The molecule has 2 N–H and O–H groups in total. The molecule has 39 heavy (non-hydrogen) atoms. The third-order valence-corrected chi connectivity index (χ3v) is 8.78. The molecule has 202 valence electrons. The maximum atomic E-state index is 13.6. The van der Waals surface area contributed by atoms with Crippen LogP contribution in [-0.2, 0) is 6.54 Å². The van der Waals surface area contributed by atoms with Gasteiger partial charge in [0, 0.05) is 35.2 Å². The molecule has 6 rings (SSSR count). The van der Waals surface area contributed by atoms with E-state index >= 15 is 0 Å². The number of methoxy groups -OCH3 is 1. The number of fused-ring (bicyclic) bond motifs is 2. The highest BCUT2D eigenvalue weighted by molar-refractivity contribution is 5.99. The number of halogens is 1. The fraction of sp³-hybridized carbons (Fsp3) is 0.364. The number of H-pyrrole nitrogens is 1. The first-order valence-electron chi connectivity index (χ1n) is 14.1. The standard InChI is InChI=1S/C33H35FN2O3/c1-3-39-32-17-21(16-31(38-2)33(32)22-8-11-25(34)12-9-22)20-36-15-14-26-23(10-13-29(26)36)19-30(37)28-18-24-6-4-5-7-27(24)35-28/h4-9,11-12,16-18,23,26,29,35H,3,10,13-15,19-20H2,1-2H3/p+1/t23?,26-,29+/m0/s1. The summed E-state index contributed by atoms with van der Waals surface area (Å²) in [4.78, 5) is 18.1. The first-order chi connectivity index (χ1) is 19.0. The number of carbonyl (C=O) groups is 1. The number of quaternary nitrogens is 1. The van der Waals surface area contributed by atoms with E-state index in [1.165, 1.54) is 17.7 Å². The van der Waals surface area contributed by atoms with Crippen molar-refractivity contribution in [1.82, 2.24) is 4.98 Å². The van der Waals surface area contributed by atoms with Crippen molar-refractivity contribution in [2.24, 2.45) is 11.8 Å². The molecule has 1 saturated carbocycles. The average molecular weight is 528 g/mol. The van der Waals surface area contributed by atoms with Crippen LogP contribution in [0.2, 0.25) is 0 Å². The van der Waals surface area contributed by atoms with Gasteiger partial charge in [0.05, 0.1) is 37.6 Å².